The third-order valence-electron chi connectivity index (χ3n) is 4.69. The van der Waals surface area contributed by atoms with Crippen molar-refractivity contribution in [3.8, 4) is 0 Å². The van der Waals surface area contributed by atoms with Crippen LogP contribution in [0.2, 0.25) is 0 Å². The third kappa shape index (κ3) is 5.76. The second kappa shape index (κ2) is 9.82. The molecule has 30 heavy (non-hydrogen) atoms. The van der Waals surface area contributed by atoms with Crippen molar-refractivity contribution in [1.82, 2.24) is 4.90 Å². The molecule has 158 valence electrons. The molecular weight excluding hydrogens is 396 g/mol. The van der Waals surface area contributed by atoms with Gasteiger partial charge in [0, 0.05) is 30.5 Å². The van der Waals surface area contributed by atoms with Crippen LogP contribution in [0.15, 0.2) is 48.5 Å². The summed E-state index contributed by atoms with van der Waals surface area (Å²) in [6, 6.07) is 11.8. The largest absolute Gasteiger partial charge is 0.455 e. The fourth-order valence-corrected chi connectivity index (χ4v) is 3.07. The summed E-state index contributed by atoms with van der Waals surface area (Å²) in [6.45, 7) is 0.242. The van der Waals surface area contributed by atoms with Gasteiger partial charge in [-0.2, -0.15) is 0 Å². The highest BCUT2D eigenvalue weighted by molar-refractivity contribution is 5.93. The number of likely N-dealkylation sites (tertiary alicyclic amines) is 1. The third-order valence-corrected chi connectivity index (χ3v) is 4.69. The normalized spacial score (nSPS) is 14.1. The maximum Gasteiger partial charge on any atom is 0.321 e. The second-order valence-corrected chi connectivity index (χ2v) is 6.84. The molecule has 1 aliphatic rings. The lowest BCUT2D eigenvalue weighted by Gasteiger charge is -2.30. The van der Waals surface area contributed by atoms with E-state index in [1.165, 1.54) is 6.07 Å². The van der Waals surface area contributed by atoms with Gasteiger partial charge in [-0.1, -0.05) is 18.2 Å². The molecular formula is C21H21F2N3O4. The molecule has 0 bridgehead atoms. The van der Waals surface area contributed by atoms with E-state index >= 15 is 0 Å². The van der Waals surface area contributed by atoms with Gasteiger partial charge in [-0.25, -0.2) is 13.6 Å². The number of carbonyl (C=O) groups is 3. The van der Waals surface area contributed by atoms with Crippen molar-refractivity contribution in [2.75, 3.05) is 30.3 Å². The van der Waals surface area contributed by atoms with E-state index in [1.807, 2.05) is 18.2 Å². The van der Waals surface area contributed by atoms with Gasteiger partial charge in [-0.05, 0) is 37.1 Å². The van der Waals surface area contributed by atoms with E-state index in [4.69, 9.17) is 4.74 Å². The number of amides is 3. The minimum Gasteiger partial charge on any atom is -0.455 e. The van der Waals surface area contributed by atoms with E-state index in [2.05, 4.69) is 10.6 Å². The minimum absolute atomic E-state index is 0.0627. The van der Waals surface area contributed by atoms with Gasteiger partial charge in [0.1, 0.15) is 0 Å². The summed E-state index contributed by atoms with van der Waals surface area (Å²) in [5.74, 6) is -3.72. The Kier molecular flexibility index (Phi) is 6.95. The van der Waals surface area contributed by atoms with Gasteiger partial charge in [0.05, 0.1) is 5.92 Å². The van der Waals surface area contributed by atoms with Crippen LogP contribution in [-0.4, -0.2) is 42.5 Å². The molecule has 0 unspecified atom stereocenters. The number of piperidine rings is 1. The zero-order chi connectivity index (χ0) is 21.5. The zero-order valence-corrected chi connectivity index (χ0v) is 16.1. The first kappa shape index (κ1) is 21.2. The summed E-state index contributed by atoms with van der Waals surface area (Å²) < 4.78 is 31.1. The number of anilines is 2. The number of halogens is 2. The van der Waals surface area contributed by atoms with Gasteiger partial charge in [0.15, 0.2) is 18.2 Å². The molecule has 1 heterocycles. The van der Waals surface area contributed by atoms with E-state index in [-0.39, 0.29) is 11.7 Å². The van der Waals surface area contributed by atoms with Gasteiger partial charge in [0.25, 0.3) is 5.91 Å². The van der Waals surface area contributed by atoms with Gasteiger partial charge in [0.2, 0.25) is 0 Å². The van der Waals surface area contributed by atoms with Crippen LogP contribution in [0.3, 0.4) is 0 Å². The van der Waals surface area contributed by atoms with Crippen molar-refractivity contribution in [3.63, 3.8) is 0 Å². The predicted molar refractivity (Wildman–Crippen MR) is 106 cm³/mol. The average Bonchev–Trinajstić information content (AvgIpc) is 2.75. The Hall–Kier alpha value is -3.49. The molecule has 0 radical (unpaired) electrons. The number of ether oxygens (including phenoxy) is 1. The highest BCUT2D eigenvalue weighted by Crippen LogP contribution is 2.20. The molecule has 0 saturated carbocycles. The Morgan fingerprint density at radius 3 is 2.30 bits per heavy atom. The monoisotopic (exact) mass is 417 g/mol. The van der Waals surface area contributed by atoms with Gasteiger partial charge in [-0.3, -0.25) is 9.59 Å². The molecule has 9 heteroatoms. The van der Waals surface area contributed by atoms with Crippen molar-refractivity contribution < 1.29 is 27.9 Å². The fourth-order valence-electron chi connectivity index (χ4n) is 3.07. The zero-order valence-electron chi connectivity index (χ0n) is 16.1. The molecule has 1 aliphatic heterocycles. The van der Waals surface area contributed by atoms with Crippen LogP contribution in [-0.2, 0) is 14.3 Å². The Bertz CT molecular complexity index is 916. The summed E-state index contributed by atoms with van der Waals surface area (Å²) in [5.41, 5.74) is 0.753. The lowest BCUT2D eigenvalue weighted by Crippen LogP contribution is -2.43. The number of rotatable bonds is 5. The number of hydrogen-bond acceptors (Lipinski definition) is 4. The average molecular weight is 417 g/mol. The molecule has 0 aromatic heterocycles. The number of benzene rings is 2. The molecule has 3 rings (SSSR count). The number of para-hydroxylation sites is 1. The van der Waals surface area contributed by atoms with E-state index < -0.39 is 36.0 Å². The molecule has 2 aromatic carbocycles. The predicted octanol–water partition coefficient (Wildman–Crippen LogP) is 3.39. The molecule has 0 atom stereocenters. The number of nitrogens with zero attached hydrogens (tertiary/aromatic N) is 1. The number of carbonyl (C=O) groups excluding carboxylic acids is 3. The van der Waals surface area contributed by atoms with Gasteiger partial charge in [-0.15, -0.1) is 0 Å². The number of urea groups is 1. The number of esters is 1. The van der Waals surface area contributed by atoms with Crippen LogP contribution in [0.4, 0.5) is 25.0 Å². The van der Waals surface area contributed by atoms with Crippen LogP contribution in [0, 0.1) is 17.6 Å². The molecule has 7 nitrogen and oxygen atoms in total. The van der Waals surface area contributed by atoms with Crippen LogP contribution in [0.25, 0.3) is 0 Å². The quantitative estimate of drug-likeness (QED) is 0.730. The van der Waals surface area contributed by atoms with E-state index in [0.717, 1.165) is 12.1 Å². The van der Waals surface area contributed by atoms with Crippen LogP contribution < -0.4 is 10.6 Å². The van der Waals surface area contributed by atoms with Crippen molar-refractivity contribution in [2.45, 2.75) is 12.8 Å². The van der Waals surface area contributed by atoms with Crippen molar-refractivity contribution in [3.05, 3.63) is 60.2 Å². The minimum atomic E-state index is -1.09. The molecule has 1 saturated heterocycles. The molecule has 3 amide bonds. The maximum atomic E-state index is 13.2. The highest BCUT2D eigenvalue weighted by Gasteiger charge is 2.28. The van der Waals surface area contributed by atoms with Crippen molar-refractivity contribution in [1.29, 1.82) is 0 Å². The molecule has 2 aromatic rings. The first-order valence-corrected chi connectivity index (χ1v) is 9.45. The van der Waals surface area contributed by atoms with E-state index in [1.54, 1.807) is 17.0 Å². The van der Waals surface area contributed by atoms with Gasteiger partial charge < -0.3 is 20.3 Å². The summed E-state index contributed by atoms with van der Waals surface area (Å²) >= 11 is 0. The standard InChI is InChI=1S/C21H21F2N3O4/c22-17-7-6-16(12-18(17)23)24-19(27)13-30-20(28)14-8-10-26(11-9-14)21(29)25-15-4-2-1-3-5-15/h1-7,12,14H,8-11,13H2,(H,24,27)(H,25,29). The lowest BCUT2D eigenvalue weighted by molar-refractivity contribution is -0.152. The van der Waals surface area contributed by atoms with Crippen molar-refractivity contribution in [2.24, 2.45) is 5.92 Å². The molecule has 1 fully saturated rings. The summed E-state index contributed by atoms with van der Waals surface area (Å²) in [7, 11) is 0. The molecule has 0 aliphatic carbocycles. The first-order valence-electron chi connectivity index (χ1n) is 9.45. The summed E-state index contributed by atoms with van der Waals surface area (Å²) in [6.07, 6.45) is 0.845. The maximum absolute atomic E-state index is 13.2. The Morgan fingerprint density at radius 2 is 1.63 bits per heavy atom. The van der Waals surface area contributed by atoms with Crippen LogP contribution in [0.5, 0.6) is 0 Å². The highest BCUT2D eigenvalue weighted by atomic mass is 19.2. The van der Waals surface area contributed by atoms with Crippen molar-refractivity contribution >= 4 is 29.3 Å². The Morgan fingerprint density at radius 1 is 0.933 bits per heavy atom. The Labute approximate surface area is 172 Å². The van der Waals surface area contributed by atoms with Crippen LogP contribution in [0.1, 0.15) is 12.8 Å². The second-order valence-electron chi connectivity index (χ2n) is 6.84. The molecule has 0 spiro atoms. The topological polar surface area (TPSA) is 87.7 Å². The summed E-state index contributed by atoms with van der Waals surface area (Å²) in [4.78, 5) is 37.9. The van der Waals surface area contributed by atoms with Crippen LogP contribution >= 0.6 is 0 Å². The fraction of sp³-hybridized carbons (Fsp3) is 0.286. The number of hydrogen-bond donors (Lipinski definition) is 2. The summed E-state index contributed by atoms with van der Waals surface area (Å²) in [5, 5.41) is 5.12. The van der Waals surface area contributed by atoms with Gasteiger partial charge >= 0.3 is 12.0 Å². The van der Waals surface area contributed by atoms with E-state index in [9.17, 15) is 23.2 Å². The first-order chi connectivity index (χ1) is 14.4. The SMILES string of the molecule is O=C(COC(=O)C1CCN(C(=O)Nc2ccccc2)CC1)Nc1ccc(F)c(F)c1. The molecule has 2 N–H and O–H groups in total. The van der Waals surface area contributed by atoms with E-state index in [0.29, 0.717) is 31.6 Å². The smallest absolute Gasteiger partial charge is 0.321 e. The Balaban J connectivity index is 1.40. The number of nitrogens with one attached hydrogen (secondary N) is 2. The lowest BCUT2D eigenvalue weighted by atomic mass is 9.97.